The maximum absolute atomic E-state index is 13.0. The summed E-state index contributed by atoms with van der Waals surface area (Å²) in [6.07, 6.45) is 3.30. The van der Waals surface area contributed by atoms with E-state index in [1.54, 1.807) is 18.3 Å². The normalized spacial score (nSPS) is 10.1. The first-order valence-electron chi connectivity index (χ1n) is 5.23. The van der Waals surface area contributed by atoms with Gasteiger partial charge in [-0.15, -0.1) is 0 Å². The van der Waals surface area contributed by atoms with E-state index in [1.807, 2.05) is 0 Å². The van der Waals surface area contributed by atoms with Crippen molar-refractivity contribution in [2.45, 2.75) is 6.42 Å². The van der Waals surface area contributed by atoms with Crippen LogP contribution in [0.25, 0.3) is 0 Å². The van der Waals surface area contributed by atoms with Gasteiger partial charge in [-0.2, -0.15) is 5.26 Å². The van der Waals surface area contributed by atoms with Gasteiger partial charge in [0, 0.05) is 12.4 Å². The highest BCUT2D eigenvalue weighted by Crippen LogP contribution is 2.12. The van der Waals surface area contributed by atoms with Gasteiger partial charge in [0.15, 0.2) is 0 Å². The maximum atomic E-state index is 13.0. The highest BCUT2D eigenvalue weighted by atomic mass is 19.1. The third kappa shape index (κ3) is 2.89. The molecular formula is C13H10FNO3. The second-order valence-electron chi connectivity index (χ2n) is 3.77. The minimum absolute atomic E-state index is 0.145. The molecule has 0 bridgehead atoms. The van der Waals surface area contributed by atoms with Crippen molar-refractivity contribution in [3.8, 4) is 0 Å². The van der Waals surface area contributed by atoms with Crippen molar-refractivity contribution in [2.75, 3.05) is 0 Å². The lowest BCUT2D eigenvalue weighted by Gasteiger charge is -2.03. The van der Waals surface area contributed by atoms with Gasteiger partial charge in [0.2, 0.25) is 0 Å². The Labute approximate surface area is 103 Å². The fourth-order valence-electron chi connectivity index (χ4n) is 1.63. The van der Waals surface area contributed by atoms with E-state index in [9.17, 15) is 9.18 Å². The minimum atomic E-state index is -0.872. The van der Waals surface area contributed by atoms with Crippen LogP contribution in [0.15, 0.2) is 42.7 Å². The lowest BCUT2D eigenvalue weighted by atomic mass is 10.1. The topological polar surface area (TPSA) is 59.4 Å². The molecular weight excluding hydrogens is 237 g/mol. The van der Waals surface area contributed by atoms with Gasteiger partial charge in [-0.1, -0.05) is 12.1 Å². The molecule has 0 unspecified atom stereocenters. The molecule has 0 saturated carbocycles. The third-order valence-electron chi connectivity index (χ3n) is 2.41. The number of hydrogen-bond donors (Lipinski definition) is 1. The average Bonchev–Trinajstić information content (AvgIpc) is 2.38. The number of carbonyl (C=O) groups is 1. The van der Waals surface area contributed by atoms with Gasteiger partial charge in [-0.05, 0) is 35.7 Å². The van der Waals surface area contributed by atoms with Crippen LogP contribution in [-0.4, -0.2) is 16.2 Å². The lowest BCUT2D eigenvalue weighted by molar-refractivity contribution is -0.182. The number of rotatable bonds is 3. The molecule has 2 rings (SSSR count). The molecule has 92 valence electrons. The third-order valence-corrected chi connectivity index (χ3v) is 2.41. The van der Waals surface area contributed by atoms with Crippen LogP contribution in [0, 0.1) is 5.82 Å². The SMILES string of the molecule is O=C(OO)c1cncc(Cc2cccc(F)c2)c1. The number of benzene rings is 1. The molecule has 0 aliphatic carbocycles. The Hall–Kier alpha value is -2.27. The number of aromatic nitrogens is 1. The van der Waals surface area contributed by atoms with Crippen molar-refractivity contribution >= 4 is 5.97 Å². The van der Waals surface area contributed by atoms with Gasteiger partial charge in [-0.3, -0.25) is 9.87 Å². The molecule has 0 spiro atoms. The van der Waals surface area contributed by atoms with Gasteiger partial charge in [-0.25, -0.2) is 9.18 Å². The Balaban J connectivity index is 2.22. The smallest absolute Gasteiger partial charge is 0.295 e. The summed E-state index contributed by atoms with van der Waals surface area (Å²) in [4.78, 5) is 18.6. The van der Waals surface area contributed by atoms with Crippen LogP contribution in [0.4, 0.5) is 4.39 Å². The van der Waals surface area contributed by atoms with Crippen LogP contribution in [0.1, 0.15) is 21.5 Å². The molecule has 0 fully saturated rings. The number of halogens is 1. The first kappa shape index (κ1) is 12.2. The fourth-order valence-corrected chi connectivity index (χ4v) is 1.63. The van der Waals surface area contributed by atoms with Crippen molar-refractivity contribution in [1.29, 1.82) is 0 Å². The molecule has 0 aliphatic rings. The van der Waals surface area contributed by atoms with Gasteiger partial charge in [0.1, 0.15) is 5.82 Å². The van der Waals surface area contributed by atoms with Crippen LogP contribution in [0.3, 0.4) is 0 Å². The summed E-state index contributed by atoms with van der Waals surface area (Å²) in [6.45, 7) is 0. The zero-order chi connectivity index (χ0) is 13.0. The number of nitrogens with zero attached hydrogens (tertiary/aromatic N) is 1. The molecule has 2 aromatic rings. The predicted octanol–water partition coefficient (Wildman–Crippen LogP) is 2.44. The molecule has 1 heterocycles. The van der Waals surface area contributed by atoms with E-state index in [2.05, 4.69) is 9.87 Å². The van der Waals surface area contributed by atoms with Gasteiger partial charge < -0.3 is 0 Å². The number of hydrogen-bond acceptors (Lipinski definition) is 4. The second-order valence-corrected chi connectivity index (χ2v) is 3.77. The molecule has 0 aliphatic heterocycles. The van der Waals surface area contributed by atoms with Crippen molar-refractivity contribution < 1.29 is 19.3 Å². The van der Waals surface area contributed by atoms with E-state index in [0.717, 1.165) is 11.1 Å². The summed E-state index contributed by atoms with van der Waals surface area (Å²) in [7, 11) is 0. The van der Waals surface area contributed by atoms with E-state index in [1.165, 1.54) is 24.4 Å². The monoisotopic (exact) mass is 247 g/mol. The Morgan fingerprint density at radius 3 is 2.83 bits per heavy atom. The summed E-state index contributed by atoms with van der Waals surface area (Å²) in [5.74, 6) is -1.19. The van der Waals surface area contributed by atoms with Crippen LogP contribution in [0.2, 0.25) is 0 Å². The molecule has 1 aromatic carbocycles. The maximum Gasteiger partial charge on any atom is 0.374 e. The van der Waals surface area contributed by atoms with E-state index in [4.69, 9.17) is 5.26 Å². The summed E-state index contributed by atoms with van der Waals surface area (Å²) in [5, 5.41) is 8.28. The summed E-state index contributed by atoms with van der Waals surface area (Å²) < 4.78 is 13.0. The molecule has 18 heavy (non-hydrogen) atoms. The molecule has 0 amide bonds. The van der Waals surface area contributed by atoms with E-state index >= 15 is 0 Å². The molecule has 1 N–H and O–H groups in total. The first-order valence-corrected chi connectivity index (χ1v) is 5.23. The van der Waals surface area contributed by atoms with Crippen molar-refractivity contribution in [1.82, 2.24) is 4.98 Å². The summed E-state index contributed by atoms with van der Waals surface area (Å²) in [6, 6.07) is 7.71. The molecule has 4 nitrogen and oxygen atoms in total. The zero-order valence-electron chi connectivity index (χ0n) is 9.34. The first-order chi connectivity index (χ1) is 8.69. The largest absolute Gasteiger partial charge is 0.374 e. The molecule has 0 radical (unpaired) electrons. The quantitative estimate of drug-likeness (QED) is 0.668. The number of carbonyl (C=O) groups excluding carboxylic acids is 1. The predicted molar refractivity (Wildman–Crippen MR) is 61.5 cm³/mol. The number of pyridine rings is 1. The summed E-state index contributed by atoms with van der Waals surface area (Å²) >= 11 is 0. The second kappa shape index (κ2) is 5.37. The van der Waals surface area contributed by atoms with E-state index < -0.39 is 5.97 Å². The van der Waals surface area contributed by atoms with E-state index in [0.29, 0.717) is 6.42 Å². The average molecular weight is 247 g/mol. The van der Waals surface area contributed by atoms with Crippen LogP contribution < -0.4 is 0 Å². The van der Waals surface area contributed by atoms with Gasteiger partial charge in [0.25, 0.3) is 0 Å². The molecule has 0 atom stereocenters. The van der Waals surface area contributed by atoms with Crippen molar-refractivity contribution in [2.24, 2.45) is 0 Å². The van der Waals surface area contributed by atoms with Crippen LogP contribution in [-0.2, 0) is 11.3 Å². The Morgan fingerprint density at radius 1 is 1.28 bits per heavy atom. The van der Waals surface area contributed by atoms with Gasteiger partial charge >= 0.3 is 5.97 Å². The highest BCUT2D eigenvalue weighted by molar-refractivity contribution is 5.88. The molecule has 1 aromatic heterocycles. The zero-order valence-corrected chi connectivity index (χ0v) is 9.34. The highest BCUT2D eigenvalue weighted by Gasteiger charge is 2.08. The van der Waals surface area contributed by atoms with Crippen LogP contribution in [0.5, 0.6) is 0 Å². The molecule has 5 heteroatoms. The Bertz CT molecular complexity index is 572. The molecule has 0 saturated heterocycles. The Kier molecular flexibility index (Phi) is 3.64. The minimum Gasteiger partial charge on any atom is -0.295 e. The van der Waals surface area contributed by atoms with Gasteiger partial charge in [0.05, 0.1) is 5.56 Å². The van der Waals surface area contributed by atoms with Crippen LogP contribution >= 0.6 is 0 Å². The summed E-state index contributed by atoms with van der Waals surface area (Å²) in [5.41, 5.74) is 1.64. The lowest BCUT2D eigenvalue weighted by Crippen LogP contribution is -2.03. The fraction of sp³-hybridized carbons (Fsp3) is 0.0769. The van der Waals surface area contributed by atoms with Crippen molar-refractivity contribution in [3.63, 3.8) is 0 Å². The van der Waals surface area contributed by atoms with E-state index in [-0.39, 0.29) is 11.4 Å². The Morgan fingerprint density at radius 2 is 2.11 bits per heavy atom. The van der Waals surface area contributed by atoms with Crippen molar-refractivity contribution in [3.05, 3.63) is 65.2 Å². The standard InChI is InChI=1S/C13H10FNO3/c14-12-3-1-2-9(6-12)4-10-5-11(8-15-7-10)13(16)18-17/h1-3,5-8,17H,4H2.